The van der Waals surface area contributed by atoms with Gasteiger partial charge in [-0.3, -0.25) is 34.3 Å². The first-order chi connectivity index (χ1) is 11.0. The highest BCUT2D eigenvalue weighted by Gasteiger charge is 2.45. The minimum absolute atomic E-state index is 0.130. The molecule has 0 bridgehead atoms. The average Bonchev–Trinajstić information content (AvgIpc) is 2.96. The molecule has 4 rings (SSSR count). The maximum atomic E-state index is 12.6. The number of imide groups is 2. The highest BCUT2D eigenvalue weighted by molar-refractivity contribution is 6.23. The number of rotatable bonds is 1. The second-order valence-corrected chi connectivity index (χ2v) is 6.29. The lowest BCUT2D eigenvalue weighted by atomic mass is 10.0. The molecule has 118 valence electrons. The highest BCUT2D eigenvalue weighted by atomic mass is 16.2. The Morgan fingerprint density at radius 1 is 1.00 bits per heavy atom. The number of carbonyl (C=O) groups excluding carboxylic acids is 4. The largest absolute Gasteiger partial charge is 0.298 e. The number of hydrogen-bond acceptors (Lipinski definition) is 5. The molecule has 0 aliphatic carbocycles. The summed E-state index contributed by atoms with van der Waals surface area (Å²) in [6, 6.07) is 2.62. The molecule has 3 aliphatic heterocycles. The van der Waals surface area contributed by atoms with Gasteiger partial charge in [-0.05, 0) is 36.7 Å². The van der Waals surface area contributed by atoms with E-state index in [0.717, 1.165) is 29.1 Å². The van der Waals surface area contributed by atoms with Gasteiger partial charge in [-0.25, -0.2) is 0 Å². The van der Waals surface area contributed by atoms with Crippen molar-refractivity contribution in [2.24, 2.45) is 0 Å². The first kappa shape index (κ1) is 14.1. The van der Waals surface area contributed by atoms with Crippen LogP contribution in [0.5, 0.6) is 0 Å². The predicted octanol–water partition coefficient (Wildman–Crippen LogP) is 0.0332. The van der Waals surface area contributed by atoms with E-state index < -0.39 is 23.8 Å². The van der Waals surface area contributed by atoms with Crippen LogP contribution in [0.3, 0.4) is 0 Å². The van der Waals surface area contributed by atoms with Crippen LogP contribution in [-0.2, 0) is 22.7 Å². The summed E-state index contributed by atoms with van der Waals surface area (Å²) in [6.45, 7) is 1.48. The first-order valence-corrected chi connectivity index (χ1v) is 7.51. The summed E-state index contributed by atoms with van der Waals surface area (Å²) in [6.07, 6.45) is 0.309. The van der Waals surface area contributed by atoms with Crippen LogP contribution in [0, 0.1) is 0 Å². The van der Waals surface area contributed by atoms with Crippen molar-refractivity contribution in [1.82, 2.24) is 15.1 Å². The fourth-order valence-corrected chi connectivity index (χ4v) is 3.54. The summed E-state index contributed by atoms with van der Waals surface area (Å²) in [5, 5.41) is 2.19. The minimum Gasteiger partial charge on any atom is -0.298 e. The van der Waals surface area contributed by atoms with E-state index in [1.807, 2.05) is 7.05 Å². The van der Waals surface area contributed by atoms with Crippen LogP contribution >= 0.6 is 0 Å². The van der Waals surface area contributed by atoms with Gasteiger partial charge in [-0.1, -0.05) is 0 Å². The zero-order chi connectivity index (χ0) is 16.3. The fourth-order valence-electron chi connectivity index (χ4n) is 3.54. The standard InChI is InChI=1S/C16H15N3O4/c1-18-6-8-4-10-11(5-9(8)7-18)16(23)19(15(10)22)12-2-3-13(20)17-14(12)21/h4-5,12H,2-3,6-7H2,1H3,(H,17,20,21)/t12-/m0/s1. The fraction of sp³-hybridized carbons (Fsp3) is 0.375. The number of nitrogens with zero attached hydrogens (tertiary/aromatic N) is 2. The quantitative estimate of drug-likeness (QED) is 0.739. The van der Waals surface area contributed by atoms with E-state index in [9.17, 15) is 19.2 Å². The van der Waals surface area contributed by atoms with E-state index in [4.69, 9.17) is 0 Å². The van der Waals surface area contributed by atoms with Crippen molar-refractivity contribution in [3.63, 3.8) is 0 Å². The molecular formula is C16H15N3O4. The second kappa shape index (κ2) is 4.73. The van der Waals surface area contributed by atoms with Crippen LogP contribution in [0.2, 0.25) is 0 Å². The van der Waals surface area contributed by atoms with Gasteiger partial charge >= 0.3 is 0 Å². The van der Waals surface area contributed by atoms with E-state index in [2.05, 4.69) is 10.2 Å². The van der Waals surface area contributed by atoms with Gasteiger partial charge in [0.2, 0.25) is 11.8 Å². The van der Waals surface area contributed by atoms with Crippen LogP contribution in [0.1, 0.15) is 44.7 Å². The molecule has 4 amide bonds. The van der Waals surface area contributed by atoms with Crippen molar-refractivity contribution in [3.8, 4) is 0 Å². The molecule has 0 unspecified atom stereocenters. The summed E-state index contributed by atoms with van der Waals surface area (Å²) in [5.74, 6) is -1.85. The van der Waals surface area contributed by atoms with Crippen molar-refractivity contribution in [2.45, 2.75) is 32.0 Å². The molecule has 0 aromatic heterocycles. The number of nitrogens with one attached hydrogen (secondary N) is 1. The normalized spacial score (nSPS) is 24.0. The smallest absolute Gasteiger partial charge is 0.262 e. The number of hydrogen-bond donors (Lipinski definition) is 1. The Kier molecular flexibility index (Phi) is 2.89. The van der Waals surface area contributed by atoms with E-state index >= 15 is 0 Å². The number of amides is 4. The first-order valence-electron chi connectivity index (χ1n) is 7.51. The molecule has 7 heteroatoms. The number of piperidine rings is 1. The summed E-state index contributed by atoms with van der Waals surface area (Å²) in [5.41, 5.74) is 2.79. The van der Waals surface area contributed by atoms with Crippen LogP contribution in [0.4, 0.5) is 0 Å². The molecule has 1 saturated heterocycles. The lowest BCUT2D eigenvalue weighted by Gasteiger charge is -2.27. The van der Waals surface area contributed by atoms with Crippen molar-refractivity contribution in [2.75, 3.05) is 7.05 Å². The number of benzene rings is 1. The van der Waals surface area contributed by atoms with Gasteiger partial charge in [0.25, 0.3) is 11.8 Å². The van der Waals surface area contributed by atoms with Gasteiger partial charge in [0.1, 0.15) is 6.04 Å². The zero-order valence-corrected chi connectivity index (χ0v) is 12.6. The van der Waals surface area contributed by atoms with E-state index in [0.29, 0.717) is 11.1 Å². The Labute approximate surface area is 132 Å². The van der Waals surface area contributed by atoms with Crippen LogP contribution in [0.25, 0.3) is 0 Å². The third-order valence-electron chi connectivity index (χ3n) is 4.64. The van der Waals surface area contributed by atoms with Crippen molar-refractivity contribution < 1.29 is 19.2 Å². The van der Waals surface area contributed by atoms with Gasteiger partial charge in [0.05, 0.1) is 11.1 Å². The van der Waals surface area contributed by atoms with Crippen molar-refractivity contribution in [3.05, 3.63) is 34.4 Å². The third kappa shape index (κ3) is 2.00. The topological polar surface area (TPSA) is 86.8 Å². The molecular weight excluding hydrogens is 298 g/mol. The van der Waals surface area contributed by atoms with Gasteiger partial charge in [-0.2, -0.15) is 0 Å². The van der Waals surface area contributed by atoms with Gasteiger partial charge in [0.15, 0.2) is 0 Å². The Morgan fingerprint density at radius 3 is 2.09 bits per heavy atom. The molecule has 1 aromatic rings. The lowest BCUT2D eigenvalue weighted by Crippen LogP contribution is -2.54. The Hall–Kier alpha value is -2.54. The Balaban J connectivity index is 1.71. The van der Waals surface area contributed by atoms with Crippen molar-refractivity contribution in [1.29, 1.82) is 0 Å². The summed E-state index contributed by atoms with van der Waals surface area (Å²) in [7, 11) is 1.98. The minimum atomic E-state index is -0.905. The maximum absolute atomic E-state index is 12.6. The van der Waals surface area contributed by atoms with Crippen LogP contribution in [-0.4, -0.2) is 46.5 Å². The second-order valence-electron chi connectivity index (χ2n) is 6.29. The van der Waals surface area contributed by atoms with Gasteiger partial charge in [0, 0.05) is 19.5 Å². The summed E-state index contributed by atoms with van der Waals surface area (Å²) in [4.78, 5) is 51.6. The molecule has 3 aliphatic rings. The monoisotopic (exact) mass is 313 g/mol. The number of carbonyl (C=O) groups is 4. The average molecular weight is 313 g/mol. The predicted molar refractivity (Wildman–Crippen MR) is 78.3 cm³/mol. The van der Waals surface area contributed by atoms with Gasteiger partial charge < -0.3 is 0 Å². The molecule has 0 radical (unpaired) electrons. The molecule has 1 atom stereocenters. The summed E-state index contributed by atoms with van der Waals surface area (Å²) < 4.78 is 0. The Bertz CT molecular complexity index is 741. The molecule has 0 spiro atoms. The molecule has 7 nitrogen and oxygen atoms in total. The summed E-state index contributed by atoms with van der Waals surface area (Å²) >= 11 is 0. The molecule has 0 saturated carbocycles. The molecule has 23 heavy (non-hydrogen) atoms. The van der Waals surface area contributed by atoms with Crippen LogP contribution in [0.15, 0.2) is 12.1 Å². The number of fused-ring (bicyclic) bond motifs is 2. The molecule has 1 aromatic carbocycles. The van der Waals surface area contributed by atoms with Crippen molar-refractivity contribution >= 4 is 23.6 Å². The van der Waals surface area contributed by atoms with Gasteiger partial charge in [-0.15, -0.1) is 0 Å². The van der Waals surface area contributed by atoms with E-state index in [1.165, 1.54) is 0 Å². The SMILES string of the molecule is CN1Cc2cc3c(cc2C1)C(=O)N([C@H]1CCC(=O)NC1=O)C3=O. The molecule has 1 N–H and O–H groups in total. The third-order valence-corrected chi connectivity index (χ3v) is 4.64. The Morgan fingerprint density at radius 2 is 1.57 bits per heavy atom. The zero-order valence-electron chi connectivity index (χ0n) is 12.6. The lowest BCUT2D eigenvalue weighted by molar-refractivity contribution is -0.136. The van der Waals surface area contributed by atoms with E-state index in [1.54, 1.807) is 12.1 Å². The molecule has 3 heterocycles. The van der Waals surface area contributed by atoms with E-state index in [-0.39, 0.29) is 18.7 Å². The maximum Gasteiger partial charge on any atom is 0.262 e. The highest BCUT2D eigenvalue weighted by Crippen LogP contribution is 2.32. The van der Waals surface area contributed by atoms with Crippen LogP contribution < -0.4 is 5.32 Å². The molecule has 1 fully saturated rings.